The van der Waals surface area contributed by atoms with Crippen LogP contribution < -0.4 is 14.2 Å². The molecule has 4 aromatic rings. The van der Waals surface area contributed by atoms with Crippen LogP contribution in [0.25, 0.3) is 10.9 Å². The molecule has 3 aromatic carbocycles. The molecule has 8 heteroatoms. The summed E-state index contributed by atoms with van der Waals surface area (Å²) in [4.78, 5) is 28.4. The van der Waals surface area contributed by atoms with Gasteiger partial charge in [0.15, 0.2) is 11.5 Å². The third kappa shape index (κ3) is 4.90. The number of ketones is 1. The Labute approximate surface area is 205 Å². The maximum atomic E-state index is 12.6. The summed E-state index contributed by atoms with van der Waals surface area (Å²) >= 11 is 6.28. The van der Waals surface area contributed by atoms with E-state index in [0.717, 1.165) is 22.2 Å². The van der Waals surface area contributed by atoms with Crippen molar-refractivity contribution in [3.8, 4) is 17.2 Å². The van der Waals surface area contributed by atoms with Crippen LogP contribution in [0.15, 0.2) is 72.8 Å². The lowest BCUT2D eigenvalue weighted by molar-refractivity contribution is -0.145. The molecule has 0 radical (unpaired) electrons. The number of carbonyl (C=O) groups excluding carboxylic acids is 1. The molecule has 2 heterocycles. The highest BCUT2D eigenvalue weighted by Gasteiger charge is 2.34. The van der Waals surface area contributed by atoms with E-state index in [1.165, 1.54) is 12.1 Å². The maximum absolute atomic E-state index is 12.6. The van der Waals surface area contributed by atoms with Gasteiger partial charge in [-0.25, -0.2) is 9.78 Å². The minimum atomic E-state index is -1.22. The molecule has 0 fully saturated rings. The van der Waals surface area contributed by atoms with Gasteiger partial charge in [-0.05, 0) is 42.0 Å². The van der Waals surface area contributed by atoms with Gasteiger partial charge in [0.25, 0.3) is 0 Å². The van der Waals surface area contributed by atoms with Crippen LogP contribution in [0.4, 0.5) is 0 Å². The first-order valence-electron chi connectivity index (χ1n) is 10.9. The Kier molecular flexibility index (Phi) is 6.25. The van der Waals surface area contributed by atoms with Gasteiger partial charge in [0, 0.05) is 5.39 Å². The number of para-hydroxylation sites is 1. The minimum Gasteiger partial charge on any atom is -0.487 e. The lowest BCUT2D eigenvalue weighted by Gasteiger charge is -2.24. The summed E-state index contributed by atoms with van der Waals surface area (Å²) < 4.78 is 17.2. The van der Waals surface area contributed by atoms with Gasteiger partial charge in [0.05, 0.1) is 22.7 Å². The molecule has 5 rings (SSSR count). The van der Waals surface area contributed by atoms with Gasteiger partial charge in [0.1, 0.15) is 30.3 Å². The highest BCUT2D eigenvalue weighted by molar-refractivity contribution is 6.33. The molecule has 35 heavy (non-hydrogen) atoms. The van der Waals surface area contributed by atoms with Gasteiger partial charge in [-0.15, -0.1) is 0 Å². The molecule has 1 atom stereocenters. The Balaban J connectivity index is 1.24. The van der Waals surface area contributed by atoms with E-state index in [4.69, 9.17) is 25.8 Å². The average Bonchev–Trinajstić information content (AvgIpc) is 2.87. The van der Waals surface area contributed by atoms with Crippen molar-refractivity contribution in [2.75, 3.05) is 0 Å². The van der Waals surface area contributed by atoms with E-state index >= 15 is 0 Å². The van der Waals surface area contributed by atoms with E-state index in [2.05, 4.69) is 4.98 Å². The van der Waals surface area contributed by atoms with Crippen molar-refractivity contribution >= 4 is 34.3 Å². The summed E-state index contributed by atoms with van der Waals surface area (Å²) in [6, 6.07) is 22.2. The highest BCUT2D eigenvalue weighted by atomic mass is 35.5. The van der Waals surface area contributed by atoms with Gasteiger partial charge in [-0.1, -0.05) is 48.0 Å². The van der Waals surface area contributed by atoms with E-state index < -0.39 is 12.1 Å². The van der Waals surface area contributed by atoms with Crippen molar-refractivity contribution in [2.24, 2.45) is 0 Å². The number of Topliss-reactive ketones (excluding diaryl/α,β-unsaturated/α-hetero) is 1. The monoisotopic (exact) mass is 489 g/mol. The fourth-order valence-corrected chi connectivity index (χ4v) is 4.04. The molecule has 0 bridgehead atoms. The van der Waals surface area contributed by atoms with Gasteiger partial charge in [0.2, 0.25) is 6.10 Å². The molecule has 0 saturated heterocycles. The first-order valence-corrected chi connectivity index (χ1v) is 11.3. The normalized spacial score (nSPS) is 14.8. The molecule has 0 spiro atoms. The first-order chi connectivity index (χ1) is 17.0. The number of aromatic nitrogens is 1. The number of aliphatic carboxylic acids is 1. The first kappa shape index (κ1) is 22.7. The molecular weight excluding hydrogens is 470 g/mol. The van der Waals surface area contributed by atoms with Crippen molar-refractivity contribution in [3.05, 3.63) is 94.6 Å². The number of ether oxygens (including phenoxy) is 3. The topological polar surface area (TPSA) is 95.0 Å². The molecular formula is C27H20ClNO6. The zero-order valence-corrected chi connectivity index (χ0v) is 19.2. The average molecular weight is 490 g/mol. The van der Waals surface area contributed by atoms with Crippen LogP contribution in [0, 0.1) is 0 Å². The molecule has 1 aliphatic rings. The van der Waals surface area contributed by atoms with Gasteiger partial charge in [-0.3, -0.25) is 4.79 Å². The van der Waals surface area contributed by atoms with Crippen LogP contribution in [-0.4, -0.2) is 27.9 Å². The van der Waals surface area contributed by atoms with E-state index in [0.29, 0.717) is 12.4 Å². The van der Waals surface area contributed by atoms with Gasteiger partial charge in [-0.2, -0.15) is 0 Å². The summed E-state index contributed by atoms with van der Waals surface area (Å²) in [5, 5.41) is 10.5. The van der Waals surface area contributed by atoms with Crippen molar-refractivity contribution in [2.45, 2.75) is 25.7 Å². The van der Waals surface area contributed by atoms with Crippen LogP contribution in [0.5, 0.6) is 17.2 Å². The lowest BCUT2D eigenvalue weighted by Crippen LogP contribution is -2.34. The molecule has 0 aliphatic carbocycles. The lowest BCUT2D eigenvalue weighted by atomic mass is 9.99. The molecule has 0 amide bonds. The number of fused-ring (bicyclic) bond motifs is 2. The Morgan fingerprint density at radius 1 is 1.00 bits per heavy atom. The minimum absolute atomic E-state index is 0.151. The second-order valence-electron chi connectivity index (χ2n) is 8.04. The molecule has 1 unspecified atom stereocenters. The number of rotatable bonds is 7. The van der Waals surface area contributed by atoms with Crippen molar-refractivity contribution in [1.29, 1.82) is 0 Å². The number of carboxylic acid groups (broad SMARTS) is 1. The quantitative estimate of drug-likeness (QED) is 0.368. The number of carboxylic acids is 1. The summed E-state index contributed by atoms with van der Waals surface area (Å²) in [5.41, 5.74) is 2.75. The predicted molar refractivity (Wildman–Crippen MR) is 129 cm³/mol. The van der Waals surface area contributed by atoms with Crippen molar-refractivity contribution < 1.29 is 28.9 Å². The number of carbonyl (C=O) groups is 2. The number of nitrogens with zero attached hydrogens (tertiary/aromatic N) is 1. The second kappa shape index (κ2) is 9.64. The van der Waals surface area contributed by atoms with Gasteiger partial charge < -0.3 is 19.3 Å². The van der Waals surface area contributed by atoms with Crippen LogP contribution >= 0.6 is 11.6 Å². The number of hydrogen-bond acceptors (Lipinski definition) is 6. The number of halogens is 1. The Bertz CT molecular complexity index is 1420. The predicted octanol–water partition coefficient (Wildman–Crippen LogP) is 5.46. The highest BCUT2D eigenvalue weighted by Crippen LogP contribution is 2.40. The van der Waals surface area contributed by atoms with Gasteiger partial charge >= 0.3 is 5.97 Å². The molecule has 7 nitrogen and oxygen atoms in total. The van der Waals surface area contributed by atoms with E-state index in [9.17, 15) is 14.7 Å². The second-order valence-corrected chi connectivity index (χ2v) is 8.45. The van der Waals surface area contributed by atoms with E-state index in [1.807, 2.05) is 60.7 Å². The summed E-state index contributed by atoms with van der Waals surface area (Å²) in [6.45, 7) is 0.490. The zero-order chi connectivity index (χ0) is 24.4. The van der Waals surface area contributed by atoms with Crippen LogP contribution in [0.2, 0.25) is 5.02 Å². The fraction of sp³-hybridized carbons (Fsp3) is 0.148. The molecule has 1 aliphatic heterocycles. The number of hydrogen-bond donors (Lipinski definition) is 1. The van der Waals surface area contributed by atoms with E-state index in [-0.39, 0.29) is 40.9 Å². The molecule has 1 N–H and O–H groups in total. The Hall–Kier alpha value is -4.10. The third-order valence-corrected chi connectivity index (χ3v) is 5.91. The Morgan fingerprint density at radius 3 is 2.60 bits per heavy atom. The van der Waals surface area contributed by atoms with Crippen LogP contribution in [0.3, 0.4) is 0 Å². The standard InChI is InChI=1S/C27H20ClNO6/c28-20-11-12-23-25(22(30)13-24(35-23)27(31)32)26(20)34-14-16-5-9-19(10-6-16)33-15-18-8-7-17-3-1-2-4-21(17)29-18/h1-12,24H,13-15H2,(H,31,32). The molecule has 0 saturated carbocycles. The fourth-order valence-electron chi connectivity index (χ4n) is 3.83. The zero-order valence-electron chi connectivity index (χ0n) is 18.4. The number of benzene rings is 3. The van der Waals surface area contributed by atoms with Crippen LogP contribution in [0.1, 0.15) is 28.0 Å². The molecule has 1 aromatic heterocycles. The SMILES string of the molecule is O=C1CC(C(=O)O)Oc2ccc(Cl)c(OCc3ccc(OCc4ccc5ccccc5n4)cc3)c21. The Morgan fingerprint density at radius 2 is 1.80 bits per heavy atom. The largest absolute Gasteiger partial charge is 0.487 e. The van der Waals surface area contributed by atoms with Crippen molar-refractivity contribution in [3.63, 3.8) is 0 Å². The smallest absolute Gasteiger partial charge is 0.345 e. The van der Waals surface area contributed by atoms with Crippen LogP contribution in [-0.2, 0) is 18.0 Å². The summed E-state index contributed by atoms with van der Waals surface area (Å²) in [7, 11) is 0. The number of pyridine rings is 1. The summed E-state index contributed by atoms with van der Waals surface area (Å²) in [5.74, 6) is -0.566. The van der Waals surface area contributed by atoms with Crippen molar-refractivity contribution in [1.82, 2.24) is 4.98 Å². The summed E-state index contributed by atoms with van der Waals surface area (Å²) in [6.07, 6.45) is -1.50. The third-order valence-electron chi connectivity index (χ3n) is 5.62. The molecule has 176 valence electrons. The maximum Gasteiger partial charge on any atom is 0.345 e. The van der Waals surface area contributed by atoms with E-state index in [1.54, 1.807) is 0 Å².